The maximum absolute atomic E-state index is 9.05. The van der Waals surface area contributed by atoms with Crippen LogP contribution in [0.5, 0.6) is 5.75 Å². The molecule has 1 aromatic carbocycles. The van der Waals surface area contributed by atoms with Gasteiger partial charge in [0.1, 0.15) is 10.8 Å². The Balaban J connectivity index is 2.57. The van der Waals surface area contributed by atoms with E-state index in [0.29, 0.717) is 5.69 Å². The number of thiazole rings is 1. The molecule has 1 aromatic heterocycles. The van der Waals surface area contributed by atoms with Gasteiger partial charge in [0.2, 0.25) is 0 Å². The predicted molar refractivity (Wildman–Crippen MR) is 69.5 cm³/mol. The second kappa shape index (κ2) is 4.85. The average molecular weight is 249 g/mol. The van der Waals surface area contributed by atoms with Crippen LogP contribution in [0.25, 0.3) is 10.6 Å². The van der Waals surface area contributed by atoms with E-state index >= 15 is 0 Å². The summed E-state index contributed by atoms with van der Waals surface area (Å²) in [5.41, 5.74) is 4.03. The minimum absolute atomic E-state index is 0.0241. The van der Waals surface area contributed by atoms with Gasteiger partial charge >= 0.3 is 0 Å². The molecule has 0 unspecified atom stereocenters. The van der Waals surface area contributed by atoms with Crippen LogP contribution in [0.1, 0.15) is 16.8 Å². The van der Waals surface area contributed by atoms with Gasteiger partial charge in [-0.15, -0.1) is 11.3 Å². The summed E-state index contributed by atoms with van der Waals surface area (Å²) >= 11 is 1.53. The molecule has 17 heavy (non-hydrogen) atoms. The van der Waals surface area contributed by atoms with Crippen molar-refractivity contribution in [3.63, 3.8) is 0 Å². The Labute approximate surface area is 105 Å². The van der Waals surface area contributed by atoms with Crippen LogP contribution in [0.3, 0.4) is 0 Å². The summed E-state index contributed by atoms with van der Waals surface area (Å²) in [5.74, 6) is 0.835. The predicted octanol–water partition coefficient (Wildman–Crippen LogP) is 2.93. The van der Waals surface area contributed by atoms with Gasteiger partial charge in [-0.1, -0.05) is 6.07 Å². The Hall–Kier alpha value is -1.39. The summed E-state index contributed by atoms with van der Waals surface area (Å²) in [4.78, 5) is 4.39. The molecule has 2 aromatic rings. The fourth-order valence-electron chi connectivity index (χ4n) is 1.86. The lowest BCUT2D eigenvalue weighted by Gasteiger charge is -2.10. The third-order valence-electron chi connectivity index (χ3n) is 2.59. The van der Waals surface area contributed by atoms with Gasteiger partial charge in [-0.3, -0.25) is 0 Å². The lowest BCUT2D eigenvalue weighted by molar-refractivity contribution is 0.278. The van der Waals surface area contributed by atoms with Crippen LogP contribution < -0.4 is 4.74 Å². The molecule has 1 N–H and O–H groups in total. The molecule has 2 rings (SSSR count). The maximum atomic E-state index is 9.05. The van der Waals surface area contributed by atoms with Crippen LogP contribution in [0.2, 0.25) is 0 Å². The fourth-order valence-corrected chi connectivity index (χ4v) is 2.78. The number of aliphatic hydroxyl groups excluding tert-OH is 1. The number of nitrogens with zero attached hydrogens (tertiary/aromatic N) is 1. The zero-order valence-corrected chi connectivity index (χ0v) is 11.0. The number of aliphatic hydroxyl groups is 1. The minimum atomic E-state index is -0.0241. The number of methoxy groups -OCH3 is 1. The monoisotopic (exact) mass is 249 g/mol. The van der Waals surface area contributed by atoms with Crippen LogP contribution in [0, 0.1) is 13.8 Å². The van der Waals surface area contributed by atoms with E-state index < -0.39 is 0 Å². The SMILES string of the molecule is COc1cc(C)cc(C)c1-c1nc(CO)cs1. The number of benzene rings is 1. The number of aromatic nitrogens is 1. The summed E-state index contributed by atoms with van der Waals surface area (Å²) in [6, 6.07) is 4.11. The molecular weight excluding hydrogens is 234 g/mol. The molecule has 3 nitrogen and oxygen atoms in total. The molecule has 0 atom stereocenters. The van der Waals surface area contributed by atoms with E-state index in [1.54, 1.807) is 7.11 Å². The Kier molecular flexibility index (Phi) is 3.45. The van der Waals surface area contributed by atoms with E-state index in [1.165, 1.54) is 16.9 Å². The Bertz CT molecular complexity index is 534. The molecule has 4 heteroatoms. The first-order valence-corrected chi connectivity index (χ1v) is 6.24. The highest BCUT2D eigenvalue weighted by molar-refractivity contribution is 7.13. The summed E-state index contributed by atoms with van der Waals surface area (Å²) in [7, 11) is 1.66. The summed E-state index contributed by atoms with van der Waals surface area (Å²) in [6.07, 6.45) is 0. The molecule has 0 bridgehead atoms. The smallest absolute Gasteiger partial charge is 0.129 e. The number of ether oxygens (including phenoxy) is 1. The lowest BCUT2D eigenvalue weighted by atomic mass is 10.0. The third-order valence-corrected chi connectivity index (χ3v) is 3.50. The van der Waals surface area contributed by atoms with Crippen molar-refractivity contribution in [2.45, 2.75) is 20.5 Å². The quantitative estimate of drug-likeness (QED) is 0.909. The van der Waals surface area contributed by atoms with Gasteiger partial charge in [0, 0.05) is 5.38 Å². The normalized spacial score (nSPS) is 10.6. The summed E-state index contributed by atoms with van der Waals surface area (Å²) in [6.45, 7) is 4.06. The topological polar surface area (TPSA) is 42.4 Å². The van der Waals surface area contributed by atoms with Crippen molar-refractivity contribution in [1.29, 1.82) is 0 Å². The van der Waals surface area contributed by atoms with Gasteiger partial charge < -0.3 is 9.84 Å². The Morgan fingerprint density at radius 1 is 1.35 bits per heavy atom. The van der Waals surface area contributed by atoms with Crippen molar-refractivity contribution >= 4 is 11.3 Å². The Morgan fingerprint density at radius 2 is 2.12 bits per heavy atom. The maximum Gasteiger partial charge on any atom is 0.129 e. The van der Waals surface area contributed by atoms with Crippen LogP contribution >= 0.6 is 11.3 Å². The van der Waals surface area contributed by atoms with Gasteiger partial charge in [0.05, 0.1) is 25.0 Å². The summed E-state index contributed by atoms with van der Waals surface area (Å²) in [5, 5.41) is 11.8. The van der Waals surface area contributed by atoms with E-state index in [9.17, 15) is 0 Å². The van der Waals surface area contributed by atoms with Crippen molar-refractivity contribution in [3.05, 3.63) is 34.3 Å². The molecule has 0 amide bonds. The minimum Gasteiger partial charge on any atom is -0.496 e. The zero-order valence-electron chi connectivity index (χ0n) is 10.2. The second-order valence-electron chi connectivity index (χ2n) is 3.96. The lowest BCUT2D eigenvalue weighted by Crippen LogP contribution is -1.93. The molecule has 0 aliphatic carbocycles. The number of aryl methyl sites for hydroxylation is 2. The fraction of sp³-hybridized carbons (Fsp3) is 0.308. The van der Waals surface area contributed by atoms with Crippen molar-refractivity contribution < 1.29 is 9.84 Å². The molecule has 0 aliphatic heterocycles. The molecule has 0 radical (unpaired) electrons. The van der Waals surface area contributed by atoms with Crippen molar-refractivity contribution in [2.24, 2.45) is 0 Å². The number of rotatable bonds is 3. The van der Waals surface area contributed by atoms with Crippen molar-refractivity contribution in [1.82, 2.24) is 4.98 Å². The van der Waals surface area contributed by atoms with Crippen molar-refractivity contribution in [3.8, 4) is 16.3 Å². The van der Waals surface area contributed by atoms with Gasteiger partial charge in [0.25, 0.3) is 0 Å². The second-order valence-corrected chi connectivity index (χ2v) is 4.82. The molecule has 1 heterocycles. The van der Waals surface area contributed by atoms with Gasteiger partial charge in [-0.2, -0.15) is 0 Å². The molecule has 0 saturated carbocycles. The summed E-state index contributed by atoms with van der Waals surface area (Å²) < 4.78 is 5.41. The standard InChI is InChI=1S/C13H15NO2S/c1-8-4-9(2)12(11(5-8)16-3)13-14-10(6-15)7-17-13/h4-5,7,15H,6H2,1-3H3. The van der Waals surface area contributed by atoms with Crippen LogP contribution in [0.15, 0.2) is 17.5 Å². The van der Waals surface area contributed by atoms with Gasteiger partial charge in [-0.05, 0) is 31.0 Å². The average Bonchev–Trinajstić information content (AvgIpc) is 2.76. The first kappa shape index (κ1) is 12.1. The molecule has 0 saturated heterocycles. The number of hydrogen-bond donors (Lipinski definition) is 1. The highest BCUT2D eigenvalue weighted by Crippen LogP contribution is 2.36. The van der Waals surface area contributed by atoms with Crippen molar-refractivity contribution in [2.75, 3.05) is 7.11 Å². The van der Waals surface area contributed by atoms with E-state index in [1.807, 2.05) is 25.3 Å². The molecule has 0 aliphatic rings. The van der Waals surface area contributed by atoms with Crippen LogP contribution in [-0.4, -0.2) is 17.2 Å². The molecule has 0 spiro atoms. The highest BCUT2D eigenvalue weighted by atomic mass is 32.1. The zero-order chi connectivity index (χ0) is 12.4. The third kappa shape index (κ3) is 2.33. The number of hydrogen-bond acceptors (Lipinski definition) is 4. The van der Waals surface area contributed by atoms with E-state index in [2.05, 4.69) is 11.1 Å². The largest absolute Gasteiger partial charge is 0.496 e. The van der Waals surface area contributed by atoms with E-state index in [0.717, 1.165) is 21.9 Å². The molecular formula is C13H15NO2S. The van der Waals surface area contributed by atoms with Gasteiger partial charge in [0.15, 0.2) is 0 Å². The molecule has 0 fully saturated rings. The van der Waals surface area contributed by atoms with Crippen LogP contribution in [-0.2, 0) is 6.61 Å². The highest BCUT2D eigenvalue weighted by Gasteiger charge is 2.13. The first-order valence-electron chi connectivity index (χ1n) is 5.36. The van der Waals surface area contributed by atoms with E-state index in [4.69, 9.17) is 9.84 Å². The van der Waals surface area contributed by atoms with Gasteiger partial charge in [-0.25, -0.2) is 4.98 Å². The van der Waals surface area contributed by atoms with E-state index in [-0.39, 0.29) is 6.61 Å². The Morgan fingerprint density at radius 3 is 2.71 bits per heavy atom. The molecule has 90 valence electrons. The van der Waals surface area contributed by atoms with Crippen LogP contribution in [0.4, 0.5) is 0 Å². The first-order chi connectivity index (χ1) is 8.15.